The van der Waals surface area contributed by atoms with E-state index in [2.05, 4.69) is 23.7 Å². The van der Waals surface area contributed by atoms with Crippen LogP contribution in [0.3, 0.4) is 0 Å². The first kappa shape index (κ1) is 23.5. The molecule has 1 aliphatic heterocycles. The van der Waals surface area contributed by atoms with Crippen molar-refractivity contribution in [3.05, 3.63) is 77.7 Å². The number of furan rings is 1. The van der Waals surface area contributed by atoms with Gasteiger partial charge < -0.3 is 19.3 Å². The monoisotopic (exact) mass is 471 g/mol. The van der Waals surface area contributed by atoms with E-state index < -0.39 is 5.60 Å². The fraction of sp³-hybridized carbons (Fsp3) is 0.379. The highest BCUT2D eigenvalue weighted by Crippen LogP contribution is 2.36. The Labute approximate surface area is 206 Å². The summed E-state index contributed by atoms with van der Waals surface area (Å²) in [5, 5.41) is 13.3. The number of amides is 1. The van der Waals surface area contributed by atoms with Gasteiger partial charge in [-0.3, -0.25) is 9.78 Å². The van der Waals surface area contributed by atoms with Gasteiger partial charge in [0, 0.05) is 49.7 Å². The van der Waals surface area contributed by atoms with Crippen LogP contribution in [0.15, 0.2) is 65.2 Å². The quantitative estimate of drug-likeness (QED) is 0.411. The lowest BCUT2D eigenvalue weighted by atomic mass is 9.83. The smallest absolute Gasteiger partial charge is 0.289 e. The number of nitrogens with zero attached hydrogens (tertiary/aromatic N) is 3. The van der Waals surface area contributed by atoms with Crippen LogP contribution < -0.4 is 0 Å². The predicted molar refractivity (Wildman–Crippen MR) is 138 cm³/mol. The number of para-hydroxylation sites is 1. The van der Waals surface area contributed by atoms with Crippen LogP contribution in [0, 0.1) is 0 Å². The van der Waals surface area contributed by atoms with Gasteiger partial charge >= 0.3 is 0 Å². The zero-order valence-corrected chi connectivity index (χ0v) is 20.7. The van der Waals surface area contributed by atoms with E-state index in [0.717, 1.165) is 46.9 Å². The van der Waals surface area contributed by atoms with Gasteiger partial charge in [0.05, 0.1) is 11.1 Å². The second kappa shape index (κ2) is 9.44. The van der Waals surface area contributed by atoms with E-state index >= 15 is 0 Å². The molecule has 2 aromatic heterocycles. The molecular weight excluding hydrogens is 438 g/mol. The molecule has 6 nitrogen and oxygen atoms in total. The van der Waals surface area contributed by atoms with Crippen molar-refractivity contribution in [1.82, 2.24) is 14.8 Å². The van der Waals surface area contributed by atoms with Gasteiger partial charge in [-0.15, -0.1) is 0 Å². The highest BCUT2D eigenvalue weighted by molar-refractivity contribution is 5.96. The van der Waals surface area contributed by atoms with E-state index in [-0.39, 0.29) is 5.91 Å². The number of aromatic nitrogens is 1. The zero-order valence-electron chi connectivity index (χ0n) is 20.7. The molecule has 0 bridgehead atoms. The van der Waals surface area contributed by atoms with Crippen LogP contribution in [0.25, 0.3) is 21.9 Å². The summed E-state index contributed by atoms with van der Waals surface area (Å²) in [4.78, 5) is 21.8. The zero-order chi connectivity index (χ0) is 24.6. The molecule has 182 valence electrons. The van der Waals surface area contributed by atoms with Gasteiger partial charge in [0.1, 0.15) is 5.58 Å². The summed E-state index contributed by atoms with van der Waals surface area (Å²) in [5.74, 6) is 0.114. The molecule has 35 heavy (non-hydrogen) atoms. The van der Waals surface area contributed by atoms with Crippen molar-refractivity contribution in [2.24, 2.45) is 0 Å². The number of hydrogen-bond donors (Lipinski definition) is 1. The Kier molecular flexibility index (Phi) is 6.34. The molecule has 0 saturated carbocycles. The van der Waals surface area contributed by atoms with E-state index in [1.54, 1.807) is 24.2 Å². The molecule has 1 atom stereocenters. The second-order valence-electron chi connectivity index (χ2n) is 9.84. The first-order chi connectivity index (χ1) is 16.9. The Bertz CT molecular complexity index is 1350. The van der Waals surface area contributed by atoms with Crippen LogP contribution in [0.1, 0.15) is 54.8 Å². The van der Waals surface area contributed by atoms with E-state index in [1.807, 2.05) is 48.5 Å². The van der Waals surface area contributed by atoms with E-state index in [4.69, 9.17) is 4.42 Å². The van der Waals surface area contributed by atoms with Crippen LogP contribution in [-0.2, 0) is 12.1 Å². The maximum Gasteiger partial charge on any atom is 0.289 e. The van der Waals surface area contributed by atoms with Crippen molar-refractivity contribution in [3.63, 3.8) is 0 Å². The number of carbonyl (C=O) groups is 1. The molecule has 1 unspecified atom stereocenters. The summed E-state index contributed by atoms with van der Waals surface area (Å²) in [5.41, 5.74) is 2.58. The Morgan fingerprint density at radius 2 is 1.91 bits per heavy atom. The molecule has 1 saturated heterocycles. The number of aliphatic hydroxyl groups is 1. The number of hydrogen-bond acceptors (Lipinski definition) is 5. The molecule has 6 heteroatoms. The highest BCUT2D eigenvalue weighted by atomic mass is 16.3. The third-order valence-corrected chi connectivity index (χ3v) is 7.57. The first-order valence-electron chi connectivity index (χ1n) is 12.5. The van der Waals surface area contributed by atoms with Gasteiger partial charge in [-0.2, -0.15) is 0 Å². The van der Waals surface area contributed by atoms with Crippen molar-refractivity contribution in [3.8, 4) is 0 Å². The van der Waals surface area contributed by atoms with Crippen LogP contribution >= 0.6 is 0 Å². The average molecular weight is 472 g/mol. The predicted octanol–water partition coefficient (Wildman–Crippen LogP) is 5.34. The Hall–Kier alpha value is -3.22. The third kappa shape index (κ3) is 4.56. The molecule has 2 aromatic carbocycles. The molecule has 0 spiro atoms. The molecule has 0 aliphatic carbocycles. The summed E-state index contributed by atoms with van der Waals surface area (Å²) >= 11 is 0. The molecule has 1 fully saturated rings. The SMILES string of the molecule is CCC(C)N1CCC(O)(c2ccc3oc(C(=O)N(C)Cc4cccc5cccnc45)cc3c2)CC1. The average Bonchev–Trinajstić information content (AvgIpc) is 3.32. The Balaban J connectivity index is 1.34. The van der Waals surface area contributed by atoms with Crippen molar-refractivity contribution < 1.29 is 14.3 Å². The molecule has 1 amide bonds. The summed E-state index contributed by atoms with van der Waals surface area (Å²) in [6.07, 6.45) is 4.29. The summed E-state index contributed by atoms with van der Waals surface area (Å²) in [6, 6.07) is 18.0. The van der Waals surface area contributed by atoms with Crippen molar-refractivity contribution in [1.29, 1.82) is 0 Å². The topological polar surface area (TPSA) is 69.8 Å². The maximum absolute atomic E-state index is 13.2. The molecule has 1 N–H and O–H groups in total. The lowest BCUT2D eigenvalue weighted by molar-refractivity contribution is -0.0342. The van der Waals surface area contributed by atoms with E-state index in [1.165, 1.54) is 0 Å². The van der Waals surface area contributed by atoms with Crippen molar-refractivity contribution in [2.45, 2.75) is 51.3 Å². The van der Waals surface area contributed by atoms with Gasteiger partial charge in [0.25, 0.3) is 5.91 Å². The highest BCUT2D eigenvalue weighted by Gasteiger charge is 2.35. The Morgan fingerprint density at radius 3 is 2.69 bits per heavy atom. The number of rotatable bonds is 6. The summed E-state index contributed by atoms with van der Waals surface area (Å²) in [6.45, 7) is 6.64. The summed E-state index contributed by atoms with van der Waals surface area (Å²) in [7, 11) is 1.77. The molecule has 1 aliphatic rings. The van der Waals surface area contributed by atoms with E-state index in [0.29, 0.717) is 36.8 Å². The minimum absolute atomic E-state index is 0.184. The normalized spacial score (nSPS) is 17.0. The minimum atomic E-state index is -0.849. The molecule has 5 rings (SSSR count). The van der Waals surface area contributed by atoms with Gasteiger partial charge in [-0.25, -0.2) is 0 Å². The lowest BCUT2D eigenvalue weighted by Crippen LogP contribution is -2.45. The molecule has 0 radical (unpaired) electrons. The largest absolute Gasteiger partial charge is 0.451 e. The molecule has 3 heterocycles. The number of fused-ring (bicyclic) bond motifs is 2. The van der Waals surface area contributed by atoms with Gasteiger partial charge in [-0.1, -0.05) is 37.3 Å². The van der Waals surface area contributed by atoms with Crippen molar-refractivity contribution in [2.75, 3.05) is 20.1 Å². The minimum Gasteiger partial charge on any atom is -0.451 e. The van der Waals surface area contributed by atoms with Crippen molar-refractivity contribution >= 4 is 27.8 Å². The maximum atomic E-state index is 13.2. The summed E-state index contributed by atoms with van der Waals surface area (Å²) < 4.78 is 5.92. The van der Waals surface area contributed by atoms with Crippen LogP contribution in [0.4, 0.5) is 0 Å². The van der Waals surface area contributed by atoms with Crippen LogP contribution in [0.5, 0.6) is 0 Å². The van der Waals surface area contributed by atoms with Gasteiger partial charge in [0.15, 0.2) is 5.76 Å². The van der Waals surface area contributed by atoms with Crippen LogP contribution in [-0.4, -0.2) is 52.0 Å². The second-order valence-corrected chi connectivity index (χ2v) is 9.84. The van der Waals surface area contributed by atoms with E-state index in [9.17, 15) is 9.90 Å². The van der Waals surface area contributed by atoms with Gasteiger partial charge in [-0.05, 0) is 61.6 Å². The third-order valence-electron chi connectivity index (χ3n) is 7.57. The number of pyridine rings is 1. The number of piperidine rings is 1. The fourth-order valence-electron chi connectivity index (χ4n) is 5.13. The Morgan fingerprint density at radius 1 is 1.14 bits per heavy atom. The fourth-order valence-corrected chi connectivity index (χ4v) is 5.13. The number of likely N-dealkylation sites (tertiary alicyclic amines) is 1. The molecular formula is C29H33N3O3. The number of benzene rings is 2. The molecule has 4 aromatic rings. The van der Waals surface area contributed by atoms with Crippen LogP contribution in [0.2, 0.25) is 0 Å². The standard InChI is InChI=1S/C29H33N3O3/c1-4-20(2)32-15-12-29(34,13-16-32)24-10-11-25-23(17-24)18-26(35-25)28(33)31(3)19-22-8-5-7-21-9-6-14-30-27(21)22/h5-11,14,17-18,20,34H,4,12-13,15-16,19H2,1-3H3. The van der Waals surface area contributed by atoms with Gasteiger partial charge in [0.2, 0.25) is 0 Å². The lowest BCUT2D eigenvalue weighted by Gasteiger charge is -2.41. The number of carbonyl (C=O) groups excluding carboxylic acids is 1. The first-order valence-corrected chi connectivity index (χ1v) is 12.5.